The molecule has 0 saturated heterocycles. The summed E-state index contributed by atoms with van der Waals surface area (Å²) in [4.78, 5) is 1.51. The second-order valence-electron chi connectivity index (χ2n) is 5.51. The Labute approximate surface area is 131 Å². The summed E-state index contributed by atoms with van der Waals surface area (Å²) in [7, 11) is 1.50. The summed E-state index contributed by atoms with van der Waals surface area (Å²) in [6.07, 6.45) is 0. The molecule has 1 aliphatic rings. The van der Waals surface area contributed by atoms with Gasteiger partial charge in [-0.2, -0.15) is 0 Å². The molecule has 3 N–H and O–H groups in total. The third-order valence-electron chi connectivity index (χ3n) is 3.46. The Hall–Kier alpha value is -1.47. The van der Waals surface area contributed by atoms with E-state index in [4.69, 9.17) is 15.6 Å². The molecule has 0 atom stereocenters. The predicted octanol–water partition coefficient (Wildman–Crippen LogP) is 3.51. The summed E-state index contributed by atoms with van der Waals surface area (Å²) in [6, 6.07) is 1.38. The maximum atomic E-state index is 14.0. The van der Waals surface area contributed by atoms with Gasteiger partial charge in [0, 0.05) is 13.2 Å². The second-order valence-corrected chi connectivity index (χ2v) is 6.30. The number of ether oxygens (including phenoxy) is 1. The van der Waals surface area contributed by atoms with Gasteiger partial charge >= 0.3 is 0 Å². The number of hydrogen-bond donors (Lipinski definition) is 3. The topological polar surface area (TPSA) is 72.2 Å². The number of nitrogens with one attached hydrogen (secondary N) is 3. The van der Waals surface area contributed by atoms with Crippen LogP contribution in [0.4, 0.5) is 15.8 Å². The third-order valence-corrected chi connectivity index (χ3v) is 4.43. The van der Waals surface area contributed by atoms with Crippen LogP contribution < -0.4 is 10.2 Å². The van der Waals surface area contributed by atoms with E-state index in [0.717, 1.165) is 0 Å². The summed E-state index contributed by atoms with van der Waals surface area (Å²) >= 11 is 3.22. The van der Waals surface area contributed by atoms with E-state index in [2.05, 4.69) is 21.2 Å². The van der Waals surface area contributed by atoms with Crippen molar-refractivity contribution in [1.82, 2.24) is 0 Å². The molecule has 0 amide bonds. The number of methoxy groups -OCH3 is 1. The first-order valence-electron chi connectivity index (χ1n) is 6.43. The highest BCUT2D eigenvalue weighted by Gasteiger charge is 2.39. The zero-order chi connectivity index (χ0) is 15.9. The van der Waals surface area contributed by atoms with E-state index in [1.165, 1.54) is 18.1 Å². The van der Waals surface area contributed by atoms with E-state index in [1.54, 1.807) is 6.92 Å². The predicted molar refractivity (Wildman–Crippen MR) is 86.3 cm³/mol. The molecule has 2 rings (SSSR count). The van der Waals surface area contributed by atoms with Crippen molar-refractivity contribution in [3.63, 3.8) is 0 Å². The Morgan fingerprint density at radius 3 is 2.71 bits per heavy atom. The van der Waals surface area contributed by atoms with Gasteiger partial charge in [0.1, 0.15) is 24.1 Å². The van der Waals surface area contributed by atoms with Crippen LogP contribution in [0.1, 0.15) is 19.4 Å². The van der Waals surface area contributed by atoms with Crippen molar-refractivity contribution in [2.24, 2.45) is 0 Å². The quantitative estimate of drug-likeness (QED) is 0.560. The molecule has 7 heteroatoms. The largest absolute Gasteiger partial charge is 0.377 e. The van der Waals surface area contributed by atoms with Crippen molar-refractivity contribution in [1.29, 1.82) is 10.8 Å². The highest BCUT2D eigenvalue weighted by Crippen LogP contribution is 2.42. The van der Waals surface area contributed by atoms with Gasteiger partial charge < -0.3 is 10.1 Å². The number of anilines is 2. The van der Waals surface area contributed by atoms with Crippen molar-refractivity contribution in [3.05, 3.63) is 21.9 Å². The molecule has 0 radical (unpaired) electrons. The average molecular weight is 357 g/mol. The Morgan fingerprint density at radius 2 is 2.14 bits per heavy atom. The Kier molecular flexibility index (Phi) is 4.08. The fourth-order valence-electron chi connectivity index (χ4n) is 2.39. The normalized spacial score (nSPS) is 16.5. The van der Waals surface area contributed by atoms with Crippen molar-refractivity contribution in [3.8, 4) is 0 Å². The highest BCUT2D eigenvalue weighted by atomic mass is 79.9. The van der Waals surface area contributed by atoms with Crippen LogP contribution in [0.25, 0.3) is 0 Å². The number of nitrogens with zero attached hydrogens (tertiary/aromatic N) is 1. The van der Waals surface area contributed by atoms with E-state index in [0.29, 0.717) is 21.4 Å². The number of hydrogen-bond acceptors (Lipinski definition) is 4. The first-order valence-corrected chi connectivity index (χ1v) is 7.22. The SMILES string of the molecule is COCC(=N)N1C(=N)C(C)(C)Nc2cc(F)c(Br)c(C)c21. The monoisotopic (exact) mass is 356 g/mol. The Bertz CT molecular complexity index is 630. The molecule has 0 saturated carbocycles. The number of halogens is 2. The summed E-state index contributed by atoms with van der Waals surface area (Å²) in [5, 5.41) is 19.7. The van der Waals surface area contributed by atoms with E-state index in [1.807, 2.05) is 13.8 Å². The molecule has 0 bridgehead atoms. The number of rotatable bonds is 2. The van der Waals surface area contributed by atoms with Crippen LogP contribution in [0.3, 0.4) is 0 Å². The number of fused-ring (bicyclic) bond motifs is 1. The van der Waals surface area contributed by atoms with Gasteiger partial charge in [0.15, 0.2) is 0 Å². The number of amidine groups is 2. The van der Waals surface area contributed by atoms with Gasteiger partial charge in [-0.05, 0) is 42.3 Å². The van der Waals surface area contributed by atoms with Gasteiger partial charge in [-0.1, -0.05) is 0 Å². The molecular weight excluding hydrogens is 339 g/mol. The Balaban J connectivity index is 2.69. The van der Waals surface area contributed by atoms with Gasteiger partial charge in [-0.25, -0.2) is 4.39 Å². The van der Waals surface area contributed by atoms with Crippen LogP contribution >= 0.6 is 15.9 Å². The Morgan fingerprint density at radius 1 is 1.52 bits per heavy atom. The first kappa shape index (κ1) is 15.9. The second kappa shape index (κ2) is 5.38. The van der Waals surface area contributed by atoms with Gasteiger partial charge in [-0.3, -0.25) is 15.7 Å². The molecular formula is C14H18BrFN4O. The lowest BCUT2D eigenvalue weighted by atomic mass is 9.95. The zero-order valence-electron chi connectivity index (χ0n) is 12.4. The average Bonchev–Trinajstić information content (AvgIpc) is 2.38. The van der Waals surface area contributed by atoms with Gasteiger partial charge in [0.2, 0.25) is 0 Å². The van der Waals surface area contributed by atoms with Gasteiger partial charge in [0.25, 0.3) is 0 Å². The van der Waals surface area contributed by atoms with Crippen molar-refractivity contribution in [2.45, 2.75) is 26.3 Å². The maximum absolute atomic E-state index is 14.0. The van der Waals surface area contributed by atoms with Gasteiger partial charge in [0.05, 0.1) is 21.4 Å². The standard InChI is InChI=1S/C14H18BrFN4O/c1-7-11(15)8(16)5-9-12(7)20(10(17)6-21-4)13(18)14(2,3)19-9/h5,17-19H,6H2,1-4H3. The molecule has 0 aromatic heterocycles. The van der Waals surface area contributed by atoms with Crippen LogP contribution in [0, 0.1) is 23.6 Å². The summed E-state index contributed by atoms with van der Waals surface area (Å²) < 4.78 is 19.3. The molecule has 1 aromatic carbocycles. The molecule has 0 fully saturated rings. The van der Waals surface area contributed by atoms with Crippen molar-refractivity contribution >= 4 is 39.0 Å². The van der Waals surface area contributed by atoms with Gasteiger partial charge in [-0.15, -0.1) is 0 Å². The van der Waals surface area contributed by atoms with E-state index in [-0.39, 0.29) is 24.1 Å². The lowest BCUT2D eigenvalue weighted by Gasteiger charge is -2.43. The summed E-state index contributed by atoms with van der Waals surface area (Å²) in [6.45, 7) is 5.47. The van der Waals surface area contributed by atoms with E-state index < -0.39 is 5.54 Å². The van der Waals surface area contributed by atoms with Crippen LogP contribution in [0.5, 0.6) is 0 Å². The fourth-order valence-corrected chi connectivity index (χ4v) is 2.69. The number of benzene rings is 1. The third kappa shape index (κ3) is 2.55. The molecule has 0 aliphatic carbocycles. The van der Waals surface area contributed by atoms with E-state index in [9.17, 15) is 4.39 Å². The molecule has 5 nitrogen and oxygen atoms in total. The lowest BCUT2D eigenvalue weighted by Crippen LogP contribution is -2.56. The fraction of sp³-hybridized carbons (Fsp3) is 0.429. The highest BCUT2D eigenvalue weighted by molar-refractivity contribution is 9.10. The molecule has 1 aliphatic heterocycles. The first-order chi connectivity index (χ1) is 9.70. The van der Waals surface area contributed by atoms with E-state index >= 15 is 0 Å². The molecule has 0 spiro atoms. The minimum atomic E-state index is -0.709. The van der Waals surface area contributed by atoms with Crippen LogP contribution in [-0.4, -0.2) is 30.9 Å². The van der Waals surface area contributed by atoms with Crippen molar-refractivity contribution in [2.75, 3.05) is 23.9 Å². The molecule has 1 aromatic rings. The zero-order valence-corrected chi connectivity index (χ0v) is 14.0. The molecule has 0 unspecified atom stereocenters. The molecule has 1 heterocycles. The minimum absolute atomic E-state index is 0.0757. The smallest absolute Gasteiger partial charge is 0.139 e. The van der Waals surface area contributed by atoms with Crippen LogP contribution in [-0.2, 0) is 4.74 Å². The molecule has 114 valence electrons. The van der Waals surface area contributed by atoms with Crippen molar-refractivity contribution < 1.29 is 9.13 Å². The van der Waals surface area contributed by atoms with Crippen LogP contribution in [0.2, 0.25) is 0 Å². The molecule has 21 heavy (non-hydrogen) atoms. The van der Waals surface area contributed by atoms with Crippen LogP contribution in [0.15, 0.2) is 10.5 Å². The lowest BCUT2D eigenvalue weighted by molar-refractivity contribution is 0.244. The maximum Gasteiger partial charge on any atom is 0.139 e. The minimum Gasteiger partial charge on any atom is -0.377 e. The summed E-state index contributed by atoms with van der Waals surface area (Å²) in [5.74, 6) is -0.0141. The summed E-state index contributed by atoms with van der Waals surface area (Å²) in [5.41, 5.74) is 1.10.